The van der Waals surface area contributed by atoms with Gasteiger partial charge >= 0.3 is 0 Å². The number of anilines is 1. The van der Waals surface area contributed by atoms with Crippen LogP contribution in [0, 0.1) is 11.8 Å². The molecule has 2 atom stereocenters. The van der Waals surface area contributed by atoms with Crippen molar-refractivity contribution in [3.05, 3.63) is 11.1 Å². The molecule has 2 N–H and O–H groups in total. The third kappa shape index (κ3) is 2.72. The first-order valence-corrected chi connectivity index (χ1v) is 6.38. The first kappa shape index (κ1) is 11.4. The number of thiazole rings is 1. The molecule has 0 aromatic carbocycles. The van der Waals surface area contributed by atoms with E-state index in [1.54, 1.807) is 0 Å². The predicted molar refractivity (Wildman–Crippen MR) is 65.1 cm³/mol. The van der Waals surface area contributed by atoms with Crippen LogP contribution in [0.4, 0.5) is 5.13 Å². The fraction of sp³-hybridized carbons (Fsp3) is 0.636. The molecule has 1 aromatic heterocycles. The first-order valence-electron chi connectivity index (χ1n) is 5.50. The molecule has 0 radical (unpaired) electrons. The molecule has 4 nitrogen and oxygen atoms in total. The summed E-state index contributed by atoms with van der Waals surface area (Å²) < 4.78 is 0. The lowest BCUT2D eigenvalue weighted by molar-refractivity contribution is -0.129. The summed E-state index contributed by atoms with van der Waals surface area (Å²) in [7, 11) is 1.86. The Bertz CT molecular complexity index is 390. The number of nitrogens with two attached hydrogens (primary N) is 1. The summed E-state index contributed by atoms with van der Waals surface area (Å²) >= 11 is 1.38. The van der Waals surface area contributed by atoms with Crippen molar-refractivity contribution in [1.29, 1.82) is 0 Å². The van der Waals surface area contributed by atoms with Crippen molar-refractivity contribution in [3.63, 3.8) is 0 Å². The smallest absolute Gasteiger partial charge is 0.228 e. The van der Waals surface area contributed by atoms with Gasteiger partial charge in [-0.25, -0.2) is 4.98 Å². The quantitative estimate of drug-likeness (QED) is 0.863. The average Bonchev–Trinajstić information content (AvgIpc) is 2.73. The van der Waals surface area contributed by atoms with Gasteiger partial charge in [0.15, 0.2) is 5.13 Å². The minimum atomic E-state index is 0.129. The van der Waals surface area contributed by atoms with Crippen LogP contribution >= 0.6 is 11.3 Å². The Morgan fingerprint density at radius 3 is 2.94 bits per heavy atom. The average molecular weight is 239 g/mol. The predicted octanol–water partition coefficient (Wildman–Crippen LogP) is 1.38. The van der Waals surface area contributed by atoms with Gasteiger partial charge in [-0.1, -0.05) is 6.92 Å². The van der Waals surface area contributed by atoms with E-state index in [0.717, 1.165) is 18.2 Å². The molecule has 1 aromatic rings. The summed E-state index contributed by atoms with van der Waals surface area (Å²) in [6.45, 7) is 3.10. The summed E-state index contributed by atoms with van der Waals surface area (Å²) in [5, 5.41) is 2.38. The maximum absolute atomic E-state index is 11.8. The Balaban J connectivity index is 1.82. The van der Waals surface area contributed by atoms with Crippen molar-refractivity contribution in [2.24, 2.45) is 11.8 Å². The number of nitrogens with zero attached hydrogens (tertiary/aromatic N) is 2. The molecule has 88 valence electrons. The maximum atomic E-state index is 11.8. The molecule has 1 fully saturated rings. The Kier molecular flexibility index (Phi) is 3.14. The highest BCUT2D eigenvalue weighted by Gasteiger charge is 2.34. The number of hydrogen-bond acceptors (Lipinski definition) is 4. The summed E-state index contributed by atoms with van der Waals surface area (Å²) in [6.07, 6.45) is 1.62. The number of carbonyl (C=O) groups excluding carboxylic acids is 1. The van der Waals surface area contributed by atoms with Gasteiger partial charge in [-0.05, 0) is 18.3 Å². The van der Waals surface area contributed by atoms with Crippen LogP contribution in [0.3, 0.4) is 0 Å². The van der Waals surface area contributed by atoms with E-state index in [0.29, 0.717) is 17.5 Å². The third-order valence-corrected chi connectivity index (χ3v) is 3.83. The van der Waals surface area contributed by atoms with Crippen LogP contribution in [0.15, 0.2) is 5.38 Å². The molecule has 16 heavy (non-hydrogen) atoms. The van der Waals surface area contributed by atoms with Crippen LogP contribution in [0.5, 0.6) is 0 Å². The Hall–Kier alpha value is -1.10. The van der Waals surface area contributed by atoms with E-state index in [2.05, 4.69) is 11.9 Å². The molecule has 5 heteroatoms. The third-order valence-electron chi connectivity index (χ3n) is 3.11. The van der Waals surface area contributed by atoms with Crippen LogP contribution in [-0.2, 0) is 11.2 Å². The Morgan fingerprint density at radius 2 is 2.44 bits per heavy atom. The molecule has 1 saturated carbocycles. The molecule has 0 bridgehead atoms. The Morgan fingerprint density at radius 1 is 1.75 bits per heavy atom. The summed E-state index contributed by atoms with van der Waals surface area (Å²) in [4.78, 5) is 17.7. The van der Waals surface area contributed by atoms with E-state index in [9.17, 15) is 4.79 Å². The minimum Gasteiger partial charge on any atom is -0.375 e. The number of rotatable bonds is 4. The standard InChI is InChI=1S/C11H17N3OS/c1-7-3-8(7)5-14(2)10(15)4-9-6-16-11(12)13-9/h6-8H,3-5H2,1-2H3,(H2,12,13). The SMILES string of the molecule is CC1CC1CN(C)C(=O)Cc1csc(N)n1. The zero-order chi connectivity index (χ0) is 11.7. The summed E-state index contributed by atoms with van der Waals surface area (Å²) in [6, 6.07) is 0. The van der Waals surface area contributed by atoms with Crippen molar-refractivity contribution in [2.75, 3.05) is 19.3 Å². The number of amides is 1. The molecule has 0 aliphatic heterocycles. The van der Waals surface area contributed by atoms with E-state index in [1.165, 1.54) is 17.8 Å². The van der Waals surface area contributed by atoms with E-state index >= 15 is 0 Å². The molecule has 1 amide bonds. The van der Waals surface area contributed by atoms with Crippen molar-refractivity contribution < 1.29 is 4.79 Å². The number of nitrogen functional groups attached to an aromatic ring is 1. The van der Waals surface area contributed by atoms with Gasteiger partial charge in [0, 0.05) is 19.0 Å². The molecule has 0 saturated heterocycles. The fourth-order valence-corrected chi connectivity index (χ4v) is 2.36. The summed E-state index contributed by atoms with van der Waals surface area (Å²) in [5.41, 5.74) is 6.30. The van der Waals surface area contributed by atoms with Gasteiger partial charge < -0.3 is 10.6 Å². The van der Waals surface area contributed by atoms with Crippen LogP contribution in [0.2, 0.25) is 0 Å². The fourth-order valence-electron chi connectivity index (χ4n) is 1.80. The van der Waals surface area contributed by atoms with Crippen LogP contribution in [0.25, 0.3) is 0 Å². The van der Waals surface area contributed by atoms with Gasteiger partial charge in [0.1, 0.15) is 0 Å². The molecule has 2 rings (SSSR count). The monoisotopic (exact) mass is 239 g/mol. The highest BCUT2D eigenvalue weighted by atomic mass is 32.1. The molecule has 2 unspecified atom stereocenters. The lowest BCUT2D eigenvalue weighted by atomic mass is 10.2. The van der Waals surface area contributed by atoms with Gasteiger partial charge in [0.2, 0.25) is 5.91 Å². The van der Waals surface area contributed by atoms with Crippen LogP contribution in [-0.4, -0.2) is 29.4 Å². The lowest BCUT2D eigenvalue weighted by Gasteiger charge is -2.16. The molecule has 1 heterocycles. The van der Waals surface area contributed by atoms with Gasteiger partial charge in [0.25, 0.3) is 0 Å². The number of likely N-dealkylation sites (N-methyl/N-ethyl adjacent to an activating group) is 1. The first-order chi connectivity index (χ1) is 7.56. The topological polar surface area (TPSA) is 59.2 Å². The second-order valence-electron chi connectivity index (χ2n) is 4.60. The second-order valence-corrected chi connectivity index (χ2v) is 5.49. The van der Waals surface area contributed by atoms with Crippen LogP contribution in [0.1, 0.15) is 19.0 Å². The van der Waals surface area contributed by atoms with Crippen molar-refractivity contribution in [1.82, 2.24) is 9.88 Å². The normalized spacial score (nSPS) is 23.1. The largest absolute Gasteiger partial charge is 0.375 e. The highest BCUT2D eigenvalue weighted by molar-refractivity contribution is 7.13. The Labute approximate surface area is 99.5 Å². The lowest BCUT2D eigenvalue weighted by Crippen LogP contribution is -2.30. The molecule has 1 aliphatic rings. The zero-order valence-electron chi connectivity index (χ0n) is 9.64. The molecular weight excluding hydrogens is 222 g/mol. The number of carbonyl (C=O) groups is 1. The minimum absolute atomic E-state index is 0.129. The summed E-state index contributed by atoms with van der Waals surface area (Å²) in [5.74, 6) is 1.61. The van der Waals surface area contributed by atoms with Crippen LogP contribution < -0.4 is 5.73 Å². The van der Waals surface area contributed by atoms with E-state index in [-0.39, 0.29) is 5.91 Å². The molecular formula is C11H17N3OS. The van der Waals surface area contributed by atoms with Gasteiger partial charge in [-0.15, -0.1) is 11.3 Å². The van der Waals surface area contributed by atoms with E-state index in [4.69, 9.17) is 5.73 Å². The second kappa shape index (κ2) is 4.41. The zero-order valence-corrected chi connectivity index (χ0v) is 10.5. The van der Waals surface area contributed by atoms with E-state index < -0.39 is 0 Å². The number of aromatic nitrogens is 1. The number of hydrogen-bond donors (Lipinski definition) is 1. The van der Waals surface area contributed by atoms with Gasteiger partial charge in [0.05, 0.1) is 12.1 Å². The van der Waals surface area contributed by atoms with Crippen molar-refractivity contribution in [3.8, 4) is 0 Å². The van der Waals surface area contributed by atoms with Crippen molar-refractivity contribution in [2.45, 2.75) is 19.8 Å². The molecule has 0 spiro atoms. The van der Waals surface area contributed by atoms with E-state index in [1.807, 2.05) is 17.3 Å². The van der Waals surface area contributed by atoms with Gasteiger partial charge in [-0.3, -0.25) is 4.79 Å². The highest BCUT2D eigenvalue weighted by Crippen LogP contribution is 2.37. The van der Waals surface area contributed by atoms with Gasteiger partial charge in [-0.2, -0.15) is 0 Å². The van der Waals surface area contributed by atoms with Crippen molar-refractivity contribution >= 4 is 22.4 Å². The molecule has 1 aliphatic carbocycles. The maximum Gasteiger partial charge on any atom is 0.228 e.